The first-order chi connectivity index (χ1) is 12.2. The first kappa shape index (κ1) is 25.8. The van der Waals surface area contributed by atoms with Gasteiger partial charge in [-0.15, -0.1) is 6.04 Å². The average molecular weight is 508 g/mol. The number of hydrogen-bond donors (Lipinski definition) is 0. The van der Waals surface area contributed by atoms with Gasteiger partial charge in [0, 0.05) is 12.1 Å². The Morgan fingerprint density at radius 3 is 2.04 bits per heavy atom. The van der Waals surface area contributed by atoms with Crippen molar-refractivity contribution in [2.24, 2.45) is 0 Å². The van der Waals surface area contributed by atoms with Crippen LogP contribution in [-0.2, 0) is 33.1 Å². The molecular formula is C14H19ClN4O6RuS. The van der Waals surface area contributed by atoms with Crippen molar-refractivity contribution in [3.8, 4) is 0 Å². The molecule has 1 N–H and O–H groups in total. The van der Waals surface area contributed by atoms with E-state index in [0.717, 1.165) is 31.0 Å². The second-order valence-electron chi connectivity index (χ2n) is 5.66. The molecule has 1 aliphatic carbocycles. The molecule has 1 aromatic carbocycles. The van der Waals surface area contributed by atoms with Gasteiger partial charge in [-0.05, 0) is 5.56 Å². The Bertz CT molecular complexity index is 732. The number of non-ortho nitro benzene ring substituents is 2. The van der Waals surface area contributed by atoms with Gasteiger partial charge in [-0.25, -0.2) is 8.42 Å². The molecule has 1 saturated carbocycles. The summed E-state index contributed by atoms with van der Waals surface area (Å²) in [6.07, 6.45) is 2.73. The van der Waals surface area contributed by atoms with Crippen molar-refractivity contribution in [3.05, 3.63) is 61.9 Å². The van der Waals surface area contributed by atoms with Gasteiger partial charge in [0.05, 0.1) is 31.7 Å². The Labute approximate surface area is 171 Å². The minimum absolute atomic E-state index is 0. The topological polar surface area (TPSA) is 158 Å². The van der Waals surface area contributed by atoms with Crippen molar-refractivity contribution in [1.29, 1.82) is 0 Å². The van der Waals surface area contributed by atoms with E-state index < -0.39 is 49.1 Å². The van der Waals surface area contributed by atoms with Crippen LogP contribution in [0.1, 0.15) is 31.2 Å². The Hall–Kier alpha value is -1.20. The fourth-order valence-electron chi connectivity index (χ4n) is 2.64. The number of hydrogen-bond acceptors (Lipinski definition) is 6. The molecule has 10 nitrogen and oxygen atoms in total. The maximum atomic E-state index is 12.2. The van der Waals surface area contributed by atoms with Gasteiger partial charge in [-0.3, -0.25) is 20.2 Å². The zero-order valence-electron chi connectivity index (χ0n) is 14.4. The smallest absolute Gasteiger partial charge is 0.276 e. The third-order valence-electron chi connectivity index (χ3n) is 3.76. The normalized spacial score (nSPS) is 19.2. The van der Waals surface area contributed by atoms with Crippen LogP contribution in [0, 0.1) is 27.7 Å². The molecule has 0 saturated heterocycles. The molecule has 1 aromatic rings. The molecule has 1 fully saturated rings. The van der Waals surface area contributed by atoms with Gasteiger partial charge in [0.25, 0.3) is 11.4 Å². The van der Waals surface area contributed by atoms with E-state index in [1.165, 1.54) is 0 Å². The number of halogens is 1. The van der Waals surface area contributed by atoms with E-state index in [9.17, 15) is 28.6 Å². The van der Waals surface area contributed by atoms with Crippen molar-refractivity contribution in [2.75, 3.05) is 0 Å². The van der Waals surface area contributed by atoms with Crippen molar-refractivity contribution in [2.45, 2.75) is 43.5 Å². The maximum Gasteiger partial charge on any atom is 0.276 e. The number of nitro groups is 2. The molecule has 2 rings (SSSR count). The predicted octanol–water partition coefficient (Wildman–Crippen LogP) is 4.21. The van der Waals surface area contributed by atoms with E-state index >= 15 is 0 Å². The first-order valence-electron chi connectivity index (χ1n) is 7.40. The van der Waals surface area contributed by atoms with E-state index in [2.05, 4.69) is 14.4 Å². The zero-order valence-corrected chi connectivity index (χ0v) is 17.7. The molecule has 0 aromatic heterocycles. The Kier molecular flexibility index (Phi) is 11.1. The summed E-state index contributed by atoms with van der Waals surface area (Å²) in [7, 11) is 0.577. The second-order valence-corrected chi connectivity index (χ2v) is 7.33. The molecule has 1 aliphatic rings. The predicted molar refractivity (Wildman–Crippen MR) is 98.4 cm³/mol. The molecule has 0 radical (unpaired) electrons. The SMILES string of the molecule is [CH3-].[Cl][Ru+3].[NH-]C1CCCCC1[N-]S(=O)(=O)Cc1cc([N+](=O)[O-])cc([N+](=O)[O-])c1. The number of rotatable bonds is 6. The Morgan fingerprint density at radius 1 is 1.11 bits per heavy atom. The molecule has 0 spiro atoms. The van der Waals surface area contributed by atoms with Gasteiger partial charge in [-0.2, -0.15) is 6.04 Å². The maximum absolute atomic E-state index is 12.2. The molecule has 0 aliphatic heterocycles. The Morgan fingerprint density at radius 2 is 1.59 bits per heavy atom. The largest absolute Gasteiger partial charge is 0.676 e. The molecule has 152 valence electrons. The molecule has 0 amide bonds. The van der Waals surface area contributed by atoms with Crippen LogP contribution in [0.2, 0.25) is 0 Å². The molecule has 0 heterocycles. The Balaban J connectivity index is 0.00000218. The number of sulfonamides is 1. The van der Waals surface area contributed by atoms with Gasteiger partial charge in [0.2, 0.25) is 0 Å². The number of nitro benzene ring substituents is 2. The summed E-state index contributed by atoms with van der Waals surface area (Å²) in [6.45, 7) is 0. The number of benzene rings is 1. The van der Waals surface area contributed by atoms with Crippen molar-refractivity contribution < 1.29 is 35.6 Å². The van der Waals surface area contributed by atoms with E-state index in [4.69, 9.17) is 5.73 Å². The summed E-state index contributed by atoms with van der Waals surface area (Å²) in [4.78, 5) is 20.0. The van der Waals surface area contributed by atoms with Crippen molar-refractivity contribution in [1.82, 2.24) is 0 Å². The van der Waals surface area contributed by atoms with Gasteiger partial charge < -0.3 is 17.9 Å². The summed E-state index contributed by atoms with van der Waals surface area (Å²) in [5, 5.41) is 21.7. The van der Waals surface area contributed by atoms with Crippen molar-refractivity contribution >= 4 is 31.1 Å². The zero-order chi connectivity index (χ0) is 19.9. The molecular weight excluding hydrogens is 489 g/mol. The summed E-state index contributed by atoms with van der Waals surface area (Å²) in [5.41, 5.74) is 6.66. The van der Waals surface area contributed by atoms with Gasteiger partial charge in [-0.1, -0.05) is 25.7 Å². The third-order valence-corrected chi connectivity index (χ3v) is 5.05. The summed E-state index contributed by atoms with van der Waals surface area (Å²) < 4.78 is 28.1. The number of nitrogens with one attached hydrogen (secondary N) is 1. The van der Waals surface area contributed by atoms with Crippen LogP contribution in [0.5, 0.6) is 0 Å². The van der Waals surface area contributed by atoms with Crippen LogP contribution in [0.25, 0.3) is 10.5 Å². The molecule has 2 unspecified atom stereocenters. The quantitative estimate of drug-likeness (QED) is 0.243. The van der Waals surface area contributed by atoms with Gasteiger partial charge in [0.1, 0.15) is 0 Å². The van der Waals surface area contributed by atoms with E-state index in [1.54, 1.807) is 0 Å². The van der Waals surface area contributed by atoms with E-state index in [-0.39, 0.29) is 13.0 Å². The van der Waals surface area contributed by atoms with Crippen LogP contribution in [0.15, 0.2) is 18.2 Å². The summed E-state index contributed by atoms with van der Waals surface area (Å²) >= 11 is 1.82. The van der Waals surface area contributed by atoms with E-state index in [0.29, 0.717) is 12.8 Å². The van der Waals surface area contributed by atoms with Gasteiger partial charge >= 0.3 is 27.0 Å². The standard InChI is InChI=1S/C13H16N4O6S.CH3.ClH.Ru/c14-12-3-1-2-4-13(12)15-24(22,23)8-9-5-10(16(18)19)7-11(6-9)17(20)21;;;/h5-7,12-14H,1-4,8H2;1H3;1H;/q-2;-1;;+4/p-1. The fourth-order valence-corrected chi connectivity index (χ4v) is 3.97. The molecule has 0 bridgehead atoms. The van der Waals surface area contributed by atoms with Crippen LogP contribution in [0.3, 0.4) is 0 Å². The summed E-state index contributed by atoms with van der Waals surface area (Å²) in [5.74, 6) is -0.668. The minimum atomic E-state index is -3.99. The minimum Gasteiger partial charge on any atom is -0.676 e. The molecule has 13 heteroatoms. The molecule has 27 heavy (non-hydrogen) atoms. The van der Waals surface area contributed by atoms with Crippen LogP contribution in [0.4, 0.5) is 11.4 Å². The third kappa shape index (κ3) is 8.14. The molecule has 2 atom stereocenters. The first-order valence-corrected chi connectivity index (χ1v) is 11.2. The van der Waals surface area contributed by atoms with E-state index in [1.807, 2.05) is 17.3 Å². The van der Waals surface area contributed by atoms with Crippen LogP contribution < -0.4 is 0 Å². The summed E-state index contributed by atoms with van der Waals surface area (Å²) in [6, 6.07) is 1.53. The average Bonchev–Trinajstić information content (AvgIpc) is 2.57. The van der Waals surface area contributed by atoms with Crippen LogP contribution >= 0.6 is 9.69 Å². The monoisotopic (exact) mass is 508 g/mol. The van der Waals surface area contributed by atoms with Gasteiger partial charge in [0.15, 0.2) is 0 Å². The van der Waals surface area contributed by atoms with Crippen molar-refractivity contribution in [3.63, 3.8) is 0 Å². The second kappa shape index (κ2) is 11.6. The van der Waals surface area contributed by atoms with Crippen LogP contribution in [-0.4, -0.2) is 30.3 Å². The fraction of sp³-hybridized carbons (Fsp3) is 0.500. The number of nitrogens with zero attached hydrogens (tertiary/aromatic N) is 3.